The summed E-state index contributed by atoms with van der Waals surface area (Å²) in [7, 11) is -3.80. The summed E-state index contributed by atoms with van der Waals surface area (Å²) in [4.78, 5) is -0.0960. The van der Waals surface area contributed by atoms with Gasteiger partial charge in [-0.3, -0.25) is 0 Å². The molecule has 1 N–H and O–H groups in total. The van der Waals surface area contributed by atoms with Gasteiger partial charge >= 0.3 is 0 Å². The number of sulfonamides is 1. The lowest BCUT2D eigenvalue weighted by Crippen LogP contribution is -2.27. The van der Waals surface area contributed by atoms with E-state index in [1.807, 2.05) is 30.3 Å². The summed E-state index contributed by atoms with van der Waals surface area (Å²) in [6, 6.07) is 11.4. The Kier molecular flexibility index (Phi) is 5.17. The van der Waals surface area contributed by atoms with E-state index in [0.717, 1.165) is 5.56 Å². The van der Waals surface area contributed by atoms with Crippen LogP contribution < -0.4 is 4.72 Å². The molecule has 2 aromatic rings. The summed E-state index contributed by atoms with van der Waals surface area (Å²) in [6.07, 6.45) is 0. The van der Waals surface area contributed by atoms with E-state index in [0.29, 0.717) is 0 Å². The third kappa shape index (κ3) is 3.90. The molecule has 0 aliphatic carbocycles. The van der Waals surface area contributed by atoms with Gasteiger partial charge in [-0.1, -0.05) is 65.1 Å². The van der Waals surface area contributed by atoms with Crippen LogP contribution in [0.15, 0.2) is 47.4 Å². The van der Waals surface area contributed by atoms with Gasteiger partial charge in [0.2, 0.25) is 10.0 Å². The molecule has 2 aromatic carbocycles. The SMILES string of the molecule is CC(NS(=O)(=O)c1cc(Cl)c(Cl)cc1Cl)c1ccccc1. The maximum absolute atomic E-state index is 12.4. The molecule has 0 aliphatic rings. The average Bonchev–Trinajstić information content (AvgIpc) is 2.43. The maximum atomic E-state index is 12.4. The Morgan fingerprint density at radius 2 is 1.52 bits per heavy atom. The minimum absolute atomic E-state index is 0.0251. The molecule has 0 heterocycles. The van der Waals surface area contributed by atoms with Crippen LogP contribution in [0.1, 0.15) is 18.5 Å². The summed E-state index contributed by atoms with van der Waals surface area (Å²) >= 11 is 17.6. The summed E-state index contributed by atoms with van der Waals surface area (Å²) < 4.78 is 27.4. The van der Waals surface area contributed by atoms with Gasteiger partial charge in [-0.2, -0.15) is 0 Å². The second-order valence-electron chi connectivity index (χ2n) is 4.45. The van der Waals surface area contributed by atoms with Gasteiger partial charge in [0.1, 0.15) is 4.90 Å². The first-order valence-electron chi connectivity index (χ1n) is 6.03. The van der Waals surface area contributed by atoms with Crippen molar-refractivity contribution in [3.63, 3.8) is 0 Å². The monoisotopic (exact) mass is 363 g/mol. The molecule has 0 spiro atoms. The van der Waals surface area contributed by atoms with Crippen LogP contribution >= 0.6 is 34.8 Å². The zero-order valence-corrected chi connectivity index (χ0v) is 14.1. The molecule has 112 valence electrons. The van der Waals surface area contributed by atoms with Crippen LogP contribution in [0.2, 0.25) is 15.1 Å². The Balaban J connectivity index is 2.33. The van der Waals surface area contributed by atoms with E-state index in [4.69, 9.17) is 34.8 Å². The van der Waals surface area contributed by atoms with Gasteiger partial charge in [-0.05, 0) is 24.6 Å². The molecule has 21 heavy (non-hydrogen) atoms. The molecule has 1 unspecified atom stereocenters. The van der Waals surface area contributed by atoms with Gasteiger partial charge in [0, 0.05) is 6.04 Å². The Morgan fingerprint density at radius 1 is 0.952 bits per heavy atom. The van der Waals surface area contributed by atoms with Gasteiger partial charge in [0.05, 0.1) is 15.1 Å². The van der Waals surface area contributed by atoms with Crippen LogP contribution in [0.25, 0.3) is 0 Å². The molecular formula is C14H12Cl3NO2S. The van der Waals surface area contributed by atoms with Crippen molar-refractivity contribution in [3.8, 4) is 0 Å². The van der Waals surface area contributed by atoms with Gasteiger partial charge in [-0.15, -0.1) is 0 Å². The lowest BCUT2D eigenvalue weighted by molar-refractivity contribution is 0.567. The summed E-state index contributed by atoms with van der Waals surface area (Å²) in [5, 5.41) is 0.364. The van der Waals surface area contributed by atoms with E-state index in [-0.39, 0.29) is 20.0 Å². The zero-order chi connectivity index (χ0) is 15.6. The summed E-state index contributed by atoms with van der Waals surface area (Å²) in [5.41, 5.74) is 0.845. The Labute approximate surface area is 138 Å². The third-order valence-electron chi connectivity index (χ3n) is 2.90. The van der Waals surface area contributed by atoms with E-state index in [1.54, 1.807) is 6.92 Å². The topological polar surface area (TPSA) is 46.2 Å². The fourth-order valence-electron chi connectivity index (χ4n) is 1.82. The minimum Gasteiger partial charge on any atom is -0.207 e. The first-order valence-corrected chi connectivity index (χ1v) is 8.65. The smallest absolute Gasteiger partial charge is 0.207 e. The van der Waals surface area contributed by atoms with Crippen molar-refractivity contribution in [3.05, 3.63) is 63.1 Å². The van der Waals surface area contributed by atoms with Gasteiger partial charge in [-0.25, -0.2) is 13.1 Å². The Hall–Kier alpha value is -0.780. The molecule has 0 radical (unpaired) electrons. The van der Waals surface area contributed by atoms with Gasteiger partial charge in [0.25, 0.3) is 0 Å². The van der Waals surface area contributed by atoms with E-state index in [1.165, 1.54) is 12.1 Å². The van der Waals surface area contributed by atoms with Crippen LogP contribution in [-0.4, -0.2) is 8.42 Å². The molecule has 0 aromatic heterocycles. The van der Waals surface area contributed by atoms with E-state index in [9.17, 15) is 8.42 Å². The van der Waals surface area contributed by atoms with Crippen molar-refractivity contribution < 1.29 is 8.42 Å². The van der Waals surface area contributed by atoms with Crippen LogP contribution in [0, 0.1) is 0 Å². The fourth-order valence-corrected chi connectivity index (χ4v) is 4.05. The second kappa shape index (κ2) is 6.55. The highest BCUT2D eigenvalue weighted by Gasteiger charge is 2.22. The molecule has 0 bridgehead atoms. The molecule has 0 saturated heterocycles. The van der Waals surface area contributed by atoms with Crippen LogP contribution in [0.4, 0.5) is 0 Å². The molecular weight excluding hydrogens is 353 g/mol. The maximum Gasteiger partial charge on any atom is 0.242 e. The number of nitrogens with one attached hydrogen (secondary N) is 1. The summed E-state index contributed by atoms with van der Waals surface area (Å²) in [6.45, 7) is 1.75. The molecule has 0 fully saturated rings. The van der Waals surface area contributed by atoms with Crippen LogP contribution in [-0.2, 0) is 10.0 Å². The van der Waals surface area contributed by atoms with Gasteiger partial charge < -0.3 is 0 Å². The highest BCUT2D eigenvalue weighted by Crippen LogP contribution is 2.32. The predicted molar refractivity (Wildman–Crippen MR) is 86.7 cm³/mol. The average molecular weight is 365 g/mol. The quantitative estimate of drug-likeness (QED) is 0.800. The fraction of sp³-hybridized carbons (Fsp3) is 0.143. The zero-order valence-electron chi connectivity index (χ0n) is 11.0. The van der Waals surface area contributed by atoms with Crippen LogP contribution in [0.5, 0.6) is 0 Å². The van der Waals surface area contributed by atoms with Crippen molar-refractivity contribution in [1.82, 2.24) is 4.72 Å². The number of hydrogen-bond donors (Lipinski definition) is 1. The van der Waals surface area contributed by atoms with E-state index >= 15 is 0 Å². The van der Waals surface area contributed by atoms with Gasteiger partial charge in [0.15, 0.2) is 0 Å². The lowest BCUT2D eigenvalue weighted by Gasteiger charge is -2.15. The standard InChI is InChI=1S/C14H12Cl3NO2S/c1-9(10-5-3-2-4-6-10)18-21(19,20)14-8-12(16)11(15)7-13(14)17/h2-9,18H,1H3. The molecule has 0 saturated carbocycles. The number of hydrogen-bond acceptors (Lipinski definition) is 2. The predicted octanol–water partition coefficient (Wildman–Crippen LogP) is 4.69. The van der Waals surface area contributed by atoms with E-state index < -0.39 is 16.1 Å². The van der Waals surface area contributed by atoms with Crippen molar-refractivity contribution in [1.29, 1.82) is 0 Å². The van der Waals surface area contributed by atoms with Crippen LogP contribution in [0.3, 0.4) is 0 Å². The molecule has 7 heteroatoms. The highest BCUT2D eigenvalue weighted by atomic mass is 35.5. The second-order valence-corrected chi connectivity index (χ2v) is 7.35. The molecule has 0 aliphatic heterocycles. The first-order chi connectivity index (χ1) is 9.81. The van der Waals surface area contributed by atoms with E-state index in [2.05, 4.69) is 4.72 Å². The largest absolute Gasteiger partial charge is 0.242 e. The number of halogens is 3. The lowest BCUT2D eigenvalue weighted by atomic mass is 10.1. The van der Waals surface area contributed by atoms with Crippen molar-refractivity contribution >= 4 is 44.8 Å². The highest BCUT2D eigenvalue weighted by molar-refractivity contribution is 7.89. The Bertz CT molecular complexity index is 748. The van der Waals surface area contributed by atoms with Crippen molar-refractivity contribution in [2.45, 2.75) is 17.9 Å². The molecule has 2 rings (SSSR count). The molecule has 0 amide bonds. The number of rotatable bonds is 4. The normalized spacial score (nSPS) is 13.1. The number of benzene rings is 2. The summed E-state index contributed by atoms with van der Waals surface area (Å²) in [5.74, 6) is 0. The van der Waals surface area contributed by atoms with Crippen molar-refractivity contribution in [2.75, 3.05) is 0 Å². The molecule has 1 atom stereocenters. The third-order valence-corrected chi connectivity index (χ3v) is 5.62. The van der Waals surface area contributed by atoms with Crippen molar-refractivity contribution in [2.24, 2.45) is 0 Å². The molecule has 3 nitrogen and oxygen atoms in total. The Morgan fingerprint density at radius 3 is 2.14 bits per heavy atom. The first kappa shape index (κ1) is 16.6. The minimum atomic E-state index is -3.80.